The molecule has 1 aromatic carbocycles. The van der Waals surface area contributed by atoms with Gasteiger partial charge in [0, 0.05) is 12.4 Å². The van der Waals surface area contributed by atoms with Crippen LogP contribution in [0.15, 0.2) is 58.6 Å². The molecule has 0 radical (unpaired) electrons. The fourth-order valence-electron chi connectivity index (χ4n) is 2.46. The molecular formula is C16H11ClF3N3O4S. The molecule has 0 saturated carbocycles. The maximum Gasteiger partial charge on any atom is 0.501 e. The third-order valence-electron chi connectivity index (χ3n) is 3.84. The van der Waals surface area contributed by atoms with Gasteiger partial charge in [0.1, 0.15) is 0 Å². The summed E-state index contributed by atoms with van der Waals surface area (Å²) in [5, 5.41) is 10.4. The predicted octanol–water partition coefficient (Wildman–Crippen LogP) is 2.73. The van der Waals surface area contributed by atoms with E-state index in [1.807, 2.05) is 0 Å². The Morgan fingerprint density at radius 3 is 2.36 bits per heavy atom. The van der Waals surface area contributed by atoms with E-state index in [1.165, 1.54) is 12.4 Å². The van der Waals surface area contributed by atoms with Gasteiger partial charge in [-0.25, -0.2) is 17.8 Å². The lowest BCUT2D eigenvalue weighted by Crippen LogP contribution is -2.24. The molecule has 2 aromatic heterocycles. The average Bonchev–Trinajstić information content (AvgIpc) is 2.89. The molecule has 0 aliphatic rings. The number of halogens is 4. The van der Waals surface area contributed by atoms with Crippen molar-refractivity contribution in [3.63, 3.8) is 0 Å². The third-order valence-corrected chi connectivity index (χ3v) is 5.69. The van der Waals surface area contributed by atoms with Gasteiger partial charge in [-0.3, -0.25) is 9.55 Å². The lowest BCUT2D eigenvalue weighted by atomic mass is 10.3. The zero-order valence-corrected chi connectivity index (χ0v) is 15.3. The highest BCUT2D eigenvalue weighted by molar-refractivity contribution is 7.92. The van der Waals surface area contributed by atoms with E-state index in [0.717, 1.165) is 27.5 Å². The molecule has 28 heavy (non-hydrogen) atoms. The van der Waals surface area contributed by atoms with E-state index < -0.39 is 31.8 Å². The number of benzene rings is 1. The van der Waals surface area contributed by atoms with Gasteiger partial charge in [0.25, 0.3) is 9.84 Å². The van der Waals surface area contributed by atoms with Crippen LogP contribution in [0.3, 0.4) is 0 Å². The van der Waals surface area contributed by atoms with Crippen molar-refractivity contribution in [3.8, 4) is 11.6 Å². The van der Waals surface area contributed by atoms with Crippen LogP contribution < -0.4 is 5.69 Å². The second-order valence-corrected chi connectivity index (χ2v) is 7.99. The standard InChI is InChI=1S/C16H11ClF3N3O4S/c17-13-7-21-6-5-10(13)8-22-9-14(24)23(15(22)25)11-1-3-12(4-2-11)28(26,27)16(18,19)20/h1-7,9,24H,8H2. The SMILES string of the molecule is O=c1n(Cc2ccncc2Cl)cc(O)n1-c1ccc(S(=O)(=O)C(F)(F)F)cc1. The zero-order chi connectivity index (χ0) is 20.7. The molecule has 0 saturated heterocycles. The van der Waals surface area contributed by atoms with Gasteiger partial charge >= 0.3 is 11.2 Å². The summed E-state index contributed by atoms with van der Waals surface area (Å²) in [6.07, 6.45) is 3.99. The number of imidazole rings is 1. The Hall–Kier alpha value is -2.79. The number of pyridine rings is 1. The zero-order valence-electron chi connectivity index (χ0n) is 13.8. The van der Waals surface area contributed by atoms with Crippen LogP contribution in [0.1, 0.15) is 5.56 Å². The van der Waals surface area contributed by atoms with Crippen molar-refractivity contribution in [1.82, 2.24) is 14.1 Å². The Morgan fingerprint density at radius 1 is 1.14 bits per heavy atom. The Labute approximate surface area is 161 Å². The van der Waals surface area contributed by atoms with Gasteiger partial charge in [0.05, 0.1) is 28.3 Å². The van der Waals surface area contributed by atoms with Crippen molar-refractivity contribution in [3.05, 3.63) is 70.0 Å². The monoisotopic (exact) mass is 433 g/mol. The van der Waals surface area contributed by atoms with Gasteiger partial charge in [-0.15, -0.1) is 0 Å². The Kier molecular flexibility index (Phi) is 4.98. The summed E-state index contributed by atoms with van der Waals surface area (Å²) in [5.74, 6) is -0.485. The molecule has 0 atom stereocenters. The first-order chi connectivity index (χ1) is 13.0. The summed E-state index contributed by atoms with van der Waals surface area (Å²) in [4.78, 5) is 15.4. The molecule has 148 valence electrons. The minimum atomic E-state index is -5.51. The van der Waals surface area contributed by atoms with Crippen molar-refractivity contribution in [2.45, 2.75) is 16.9 Å². The number of aromatic hydroxyl groups is 1. The highest BCUT2D eigenvalue weighted by atomic mass is 35.5. The summed E-state index contributed by atoms with van der Waals surface area (Å²) in [6.45, 7) is 0.0152. The quantitative estimate of drug-likeness (QED) is 0.682. The van der Waals surface area contributed by atoms with Gasteiger partial charge in [0.2, 0.25) is 5.88 Å². The first-order valence-electron chi connectivity index (χ1n) is 7.53. The first kappa shape index (κ1) is 20.0. The van der Waals surface area contributed by atoms with Crippen LogP contribution in [-0.4, -0.2) is 33.2 Å². The van der Waals surface area contributed by atoms with E-state index in [1.54, 1.807) is 6.07 Å². The number of sulfone groups is 1. The highest BCUT2D eigenvalue weighted by Gasteiger charge is 2.46. The van der Waals surface area contributed by atoms with Crippen molar-refractivity contribution in [1.29, 1.82) is 0 Å². The van der Waals surface area contributed by atoms with Crippen LogP contribution in [0.5, 0.6) is 5.88 Å². The fraction of sp³-hybridized carbons (Fsp3) is 0.125. The van der Waals surface area contributed by atoms with E-state index in [2.05, 4.69) is 4.98 Å². The first-order valence-corrected chi connectivity index (χ1v) is 9.40. The lowest BCUT2D eigenvalue weighted by Gasteiger charge is -2.09. The summed E-state index contributed by atoms with van der Waals surface area (Å²) >= 11 is 5.99. The molecule has 2 heterocycles. The number of hydrogen-bond donors (Lipinski definition) is 1. The van der Waals surface area contributed by atoms with Crippen molar-refractivity contribution in [2.24, 2.45) is 0 Å². The molecule has 0 spiro atoms. The molecule has 0 aliphatic heterocycles. The van der Waals surface area contributed by atoms with E-state index in [-0.39, 0.29) is 12.2 Å². The van der Waals surface area contributed by atoms with Crippen LogP contribution in [0, 0.1) is 0 Å². The smallest absolute Gasteiger partial charge is 0.493 e. The molecule has 0 unspecified atom stereocenters. The van der Waals surface area contributed by atoms with Crippen LogP contribution in [0.2, 0.25) is 5.02 Å². The van der Waals surface area contributed by atoms with Crippen LogP contribution in [0.25, 0.3) is 5.69 Å². The molecule has 0 amide bonds. The summed E-state index contributed by atoms with van der Waals surface area (Å²) < 4.78 is 62.6. The Bertz CT molecular complexity index is 1190. The predicted molar refractivity (Wildman–Crippen MR) is 93.3 cm³/mol. The lowest BCUT2D eigenvalue weighted by molar-refractivity contribution is -0.0436. The van der Waals surface area contributed by atoms with Gasteiger partial charge in [-0.05, 0) is 35.9 Å². The second-order valence-electron chi connectivity index (χ2n) is 5.64. The highest BCUT2D eigenvalue weighted by Crippen LogP contribution is 2.30. The number of aromatic nitrogens is 3. The normalized spacial score (nSPS) is 12.3. The molecule has 7 nitrogen and oxygen atoms in total. The van der Waals surface area contributed by atoms with E-state index in [0.29, 0.717) is 22.7 Å². The molecule has 1 N–H and O–H groups in total. The van der Waals surface area contributed by atoms with E-state index in [4.69, 9.17) is 11.6 Å². The fourth-order valence-corrected chi connectivity index (χ4v) is 3.40. The minimum Gasteiger partial charge on any atom is -0.493 e. The van der Waals surface area contributed by atoms with Crippen LogP contribution >= 0.6 is 11.6 Å². The van der Waals surface area contributed by atoms with E-state index >= 15 is 0 Å². The summed E-state index contributed by atoms with van der Waals surface area (Å²) in [5.41, 5.74) is -5.59. The molecule has 3 aromatic rings. The molecule has 0 aliphatic carbocycles. The number of rotatable bonds is 4. The second kappa shape index (κ2) is 6.99. The maximum atomic E-state index is 12.6. The topological polar surface area (TPSA) is 94.2 Å². The molecule has 12 heteroatoms. The van der Waals surface area contributed by atoms with Gasteiger partial charge in [-0.1, -0.05) is 11.6 Å². The Balaban J connectivity index is 1.98. The van der Waals surface area contributed by atoms with Crippen molar-refractivity contribution in [2.75, 3.05) is 0 Å². The number of hydrogen-bond acceptors (Lipinski definition) is 5. The molecule has 3 rings (SSSR count). The largest absolute Gasteiger partial charge is 0.501 e. The van der Waals surface area contributed by atoms with Gasteiger partial charge < -0.3 is 5.11 Å². The van der Waals surface area contributed by atoms with Gasteiger partial charge in [-0.2, -0.15) is 13.2 Å². The van der Waals surface area contributed by atoms with Crippen LogP contribution in [0.4, 0.5) is 13.2 Å². The summed E-state index contributed by atoms with van der Waals surface area (Å²) in [6, 6.07) is 4.98. The van der Waals surface area contributed by atoms with Crippen molar-refractivity contribution >= 4 is 21.4 Å². The average molecular weight is 434 g/mol. The molecule has 0 fully saturated rings. The molecule has 0 bridgehead atoms. The number of nitrogens with zero attached hydrogens (tertiary/aromatic N) is 3. The van der Waals surface area contributed by atoms with Crippen molar-refractivity contribution < 1.29 is 26.7 Å². The maximum absolute atomic E-state index is 12.6. The molecular weight excluding hydrogens is 423 g/mol. The Morgan fingerprint density at radius 2 is 1.79 bits per heavy atom. The van der Waals surface area contributed by atoms with Gasteiger partial charge in [0.15, 0.2) is 0 Å². The number of alkyl halides is 3. The van der Waals surface area contributed by atoms with Crippen LogP contribution in [-0.2, 0) is 16.4 Å². The minimum absolute atomic E-state index is 0.0109. The third kappa shape index (κ3) is 3.50. The van der Waals surface area contributed by atoms with E-state index in [9.17, 15) is 31.5 Å². The summed E-state index contributed by atoms with van der Waals surface area (Å²) in [7, 11) is -5.51.